The first kappa shape index (κ1) is 20.1. The number of hydrogen-bond donors (Lipinski definition) is 1. The number of rotatable bonds is 3. The Morgan fingerprint density at radius 3 is 2.81 bits per heavy atom. The minimum Gasteiger partial charge on any atom is -0.355 e. The third kappa shape index (κ3) is 3.83. The zero-order valence-corrected chi connectivity index (χ0v) is 18.2. The Labute approximate surface area is 185 Å². The van der Waals surface area contributed by atoms with E-state index in [1.165, 1.54) is 12.4 Å². The van der Waals surface area contributed by atoms with Crippen molar-refractivity contribution in [3.8, 4) is 0 Å². The fourth-order valence-electron chi connectivity index (χ4n) is 4.53. The van der Waals surface area contributed by atoms with Gasteiger partial charge in [-0.05, 0) is 32.6 Å². The van der Waals surface area contributed by atoms with Crippen molar-refractivity contribution in [3.63, 3.8) is 0 Å². The minimum atomic E-state index is -0.151. The molecule has 0 aromatic carbocycles. The molecule has 162 valence electrons. The number of amides is 1. The maximum atomic E-state index is 13.1. The van der Waals surface area contributed by atoms with Crippen molar-refractivity contribution < 1.29 is 4.79 Å². The van der Waals surface area contributed by atoms with Crippen molar-refractivity contribution in [2.75, 3.05) is 24.5 Å². The SMILES string of the molecule is Cc1cn2nc([C@@H]3CCCCN3C(=O)c3cnc(Cl)cn3)cc2nc1N1CC[C@H](N)C1. The number of halogens is 1. The number of likely N-dealkylation sites (tertiary alicyclic amines) is 1. The molecule has 2 saturated heterocycles. The van der Waals surface area contributed by atoms with E-state index in [1.807, 2.05) is 28.6 Å². The van der Waals surface area contributed by atoms with E-state index in [2.05, 4.69) is 14.9 Å². The van der Waals surface area contributed by atoms with Crippen LogP contribution in [0.25, 0.3) is 5.65 Å². The van der Waals surface area contributed by atoms with Crippen molar-refractivity contribution in [3.05, 3.63) is 46.8 Å². The van der Waals surface area contributed by atoms with Crippen LogP contribution >= 0.6 is 11.6 Å². The first-order valence-corrected chi connectivity index (χ1v) is 11.0. The number of carbonyl (C=O) groups is 1. The summed E-state index contributed by atoms with van der Waals surface area (Å²) in [5.74, 6) is 0.807. The Balaban J connectivity index is 1.46. The Hall–Kier alpha value is -2.78. The lowest BCUT2D eigenvalue weighted by atomic mass is 9.99. The number of nitrogens with two attached hydrogens (primary N) is 1. The highest BCUT2D eigenvalue weighted by molar-refractivity contribution is 6.29. The molecular formula is C21H25ClN8O. The van der Waals surface area contributed by atoms with E-state index in [9.17, 15) is 4.79 Å². The molecule has 2 fully saturated rings. The largest absolute Gasteiger partial charge is 0.355 e. The van der Waals surface area contributed by atoms with Crippen molar-refractivity contribution in [1.82, 2.24) is 29.5 Å². The zero-order valence-electron chi connectivity index (χ0n) is 17.4. The Bertz CT molecular complexity index is 1110. The lowest BCUT2D eigenvalue weighted by Gasteiger charge is -2.34. The highest BCUT2D eigenvalue weighted by Gasteiger charge is 2.32. The summed E-state index contributed by atoms with van der Waals surface area (Å²) in [5.41, 5.74) is 9.06. The standard InChI is InChI=1S/C21H25ClN8O/c1-13-11-30-19(26-20(13)28-7-5-14(23)12-28)8-15(27-30)17-4-2-3-6-29(17)21(31)16-9-25-18(22)10-24-16/h8-11,14,17H,2-7,12,23H2,1H3/t14-,17-/m0/s1. The number of carbonyl (C=O) groups excluding carboxylic acids is 1. The summed E-state index contributed by atoms with van der Waals surface area (Å²) in [6, 6.07) is 2.06. The number of piperidine rings is 1. The fourth-order valence-corrected chi connectivity index (χ4v) is 4.63. The van der Waals surface area contributed by atoms with Gasteiger partial charge in [-0.2, -0.15) is 5.10 Å². The summed E-state index contributed by atoms with van der Waals surface area (Å²) in [4.78, 5) is 30.3. The second kappa shape index (κ2) is 8.05. The summed E-state index contributed by atoms with van der Waals surface area (Å²) >= 11 is 5.82. The molecule has 0 unspecified atom stereocenters. The molecular weight excluding hydrogens is 416 g/mol. The second-order valence-electron chi connectivity index (χ2n) is 8.35. The molecule has 0 spiro atoms. The molecule has 5 rings (SSSR count). The third-order valence-electron chi connectivity index (χ3n) is 6.09. The molecule has 31 heavy (non-hydrogen) atoms. The molecule has 2 N–H and O–H groups in total. The summed E-state index contributed by atoms with van der Waals surface area (Å²) in [5, 5.41) is 5.05. The maximum Gasteiger partial charge on any atom is 0.274 e. The van der Waals surface area contributed by atoms with Gasteiger partial charge in [0.1, 0.15) is 16.7 Å². The van der Waals surface area contributed by atoms with Crippen LogP contribution in [0.5, 0.6) is 0 Å². The van der Waals surface area contributed by atoms with E-state index in [-0.39, 0.29) is 23.1 Å². The average Bonchev–Trinajstić information content (AvgIpc) is 3.39. The summed E-state index contributed by atoms with van der Waals surface area (Å²) in [6.45, 7) is 4.44. The molecule has 10 heteroatoms. The van der Waals surface area contributed by atoms with E-state index < -0.39 is 0 Å². The number of hydrogen-bond acceptors (Lipinski definition) is 7. The van der Waals surface area contributed by atoms with E-state index in [0.717, 1.165) is 61.5 Å². The van der Waals surface area contributed by atoms with Gasteiger partial charge in [-0.25, -0.2) is 19.5 Å². The van der Waals surface area contributed by atoms with E-state index in [1.54, 1.807) is 0 Å². The van der Waals surface area contributed by atoms with Gasteiger partial charge in [-0.15, -0.1) is 0 Å². The van der Waals surface area contributed by atoms with Crippen molar-refractivity contribution in [1.29, 1.82) is 0 Å². The molecule has 0 aliphatic carbocycles. The number of anilines is 1. The minimum absolute atomic E-state index is 0.121. The zero-order chi connectivity index (χ0) is 21.5. The molecule has 5 heterocycles. The second-order valence-corrected chi connectivity index (χ2v) is 8.74. The molecule has 0 radical (unpaired) electrons. The number of nitrogens with zero attached hydrogens (tertiary/aromatic N) is 7. The third-order valence-corrected chi connectivity index (χ3v) is 6.29. The quantitative estimate of drug-likeness (QED) is 0.666. The van der Waals surface area contributed by atoms with Gasteiger partial charge in [0.2, 0.25) is 0 Å². The molecule has 2 aliphatic rings. The monoisotopic (exact) mass is 440 g/mol. The molecule has 0 saturated carbocycles. The van der Waals surface area contributed by atoms with Crippen LogP contribution < -0.4 is 10.6 Å². The highest BCUT2D eigenvalue weighted by Crippen LogP contribution is 2.32. The first-order chi connectivity index (χ1) is 15.0. The first-order valence-electron chi connectivity index (χ1n) is 10.7. The molecule has 0 bridgehead atoms. The van der Waals surface area contributed by atoms with Gasteiger partial charge in [0, 0.05) is 43.5 Å². The molecule has 1 amide bonds. The van der Waals surface area contributed by atoms with Gasteiger partial charge in [0.15, 0.2) is 5.65 Å². The number of aryl methyl sites for hydroxylation is 1. The summed E-state index contributed by atoms with van der Waals surface area (Å²) in [7, 11) is 0. The highest BCUT2D eigenvalue weighted by atomic mass is 35.5. The maximum absolute atomic E-state index is 13.1. The normalized spacial score (nSPS) is 21.8. The predicted octanol–water partition coefficient (Wildman–Crippen LogP) is 2.39. The lowest BCUT2D eigenvalue weighted by Crippen LogP contribution is -2.39. The molecule has 3 aromatic rings. The Kier molecular flexibility index (Phi) is 5.23. The van der Waals surface area contributed by atoms with E-state index in [4.69, 9.17) is 27.4 Å². The summed E-state index contributed by atoms with van der Waals surface area (Å²) < 4.78 is 1.81. The van der Waals surface area contributed by atoms with Crippen LogP contribution in [0.2, 0.25) is 5.15 Å². The van der Waals surface area contributed by atoms with Gasteiger partial charge in [-0.1, -0.05) is 11.6 Å². The average molecular weight is 441 g/mol. The smallest absolute Gasteiger partial charge is 0.274 e. The van der Waals surface area contributed by atoms with Crippen LogP contribution in [0.1, 0.15) is 53.5 Å². The van der Waals surface area contributed by atoms with E-state index >= 15 is 0 Å². The van der Waals surface area contributed by atoms with Gasteiger partial charge >= 0.3 is 0 Å². The van der Waals surface area contributed by atoms with E-state index in [0.29, 0.717) is 12.2 Å². The number of aromatic nitrogens is 5. The number of fused-ring (bicyclic) bond motifs is 1. The predicted molar refractivity (Wildman–Crippen MR) is 117 cm³/mol. The van der Waals surface area contributed by atoms with Gasteiger partial charge < -0.3 is 15.5 Å². The topological polar surface area (TPSA) is 106 Å². The van der Waals surface area contributed by atoms with Gasteiger partial charge in [-0.3, -0.25) is 4.79 Å². The van der Waals surface area contributed by atoms with Crippen LogP contribution in [-0.2, 0) is 0 Å². The lowest BCUT2D eigenvalue weighted by molar-refractivity contribution is 0.0599. The van der Waals surface area contributed by atoms with Crippen LogP contribution in [-0.4, -0.2) is 61.0 Å². The van der Waals surface area contributed by atoms with Gasteiger partial charge in [0.25, 0.3) is 5.91 Å². The molecule has 9 nitrogen and oxygen atoms in total. The fraction of sp³-hybridized carbons (Fsp3) is 0.476. The van der Waals surface area contributed by atoms with Crippen LogP contribution in [0.4, 0.5) is 5.82 Å². The Morgan fingerprint density at radius 2 is 2.06 bits per heavy atom. The molecule has 2 aliphatic heterocycles. The Morgan fingerprint density at radius 1 is 1.19 bits per heavy atom. The van der Waals surface area contributed by atoms with Crippen molar-refractivity contribution in [2.45, 2.75) is 44.7 Å². The molecule has 3 aromatic heterocycles. The van der Waals surface area contributed by atoms with Crippen LogP contribution in [0.3, 0.4) is 0 Å². The van der Waals surface area contributed by atoms with Crippen LogP contribution in [0, 0.1) is 6.92 Å². The van der Waals surface area contributed by atoms with Gasteiger partial charge in [0.05, 0.1) is 24.1 Å². The summed E-state index contributed by atoms with van der Waals surface area (Å²) in [6.07, 6.45) is 8.65. The van der Waals surface area contributed by atoms with Crippen molar-refractivity contribution >= 4 is 29.0 Å². The molecule has 2 atom stereocenters. The van der Waals surface area contributed by atoms with Crippen LogP contribution in [0.15, 0.2) is 24.7 Å². The van der Waals surface area contributed by atoms with Crippen molar-refractivity contribution in [2.24, 2.45) is 5.73 Å².